The minimum absolute atomic E-state index is 0.0899. The van der Waals surface area contributed by atoms with Gasteiger partial charge in [-0.25, -0.2) is 4.98 Å². The number of thiazole rings is 1. The fraction of sp³-hybridized carbons (Fsp3) is 0.773. The number of hydrogen-bond acceptors (Lipinski definition) is 6. The quantitative estimate of drug-likeness (QED) is 0.743. The summed E-state index contributed by atoms with van der Waals surface area (Å²) in [5.41, 5.74) is -1.10. The molecule has 2 N–H and O–H groups in total. The molecule has 1 amide bonds. The lowest BCUT2D eigenvalue weighted by Crippen LogP contribution is -2.66. The topological polar surface area (TPSA) is 85.8 Å². The summed E-state index contributed by atoms with van der Waals surface area (Å²) in [6.45, 7) is 7.47. The largest absolute Gasteiger partial charge is 0.481 e. The van der Waals surface area contributed by atoms with E-state index in [0.29, 0.717) is 17.8 Å². The summed E-state index contributed by atoms with van der Waals surface area (Å²) in [5.74, 6) is 0.624. The molecule has 0 aromatic carbocycles. The number of nitrogens with zero attached hydrogens (tertiary/aromatic N) is 3. The van der Waals surface area contributed by atoms with Gasteiger partial charge < -0.3 is 15.3 Å². The third-order valence-corrected chi connectivity index (χ3v) is 9.17. The van der Waals surface area contributed by atoms with Gasteiger partial charge in [0.1, 0.15) is 0 Å². The number of carbonyl (C=O) groups excluding carboxylic acids is 1. The zero-order valence-electron chi connectivity index (χ0n) is 17.8. The van der Waals surface area contributed by atoms with Crippen LogP contribution in [0.15, 0.2) is 11.6 Å². The first-order valence-corrected chi connectivity index (χ1v) is 12.1. The SMILES string of the molecule is CC(C)(C(=O)NC1C2CC3CC1CC(C(=O)O)(C3)C2)N1CCN(c2nccs2)CC1. The molecular weight excluding hydrogens is 400 g/mol. The minimum atomic E-state index is -0.620. The highest BCUT2D eigenvalue weighted by molar-refractivity contribution is 7.13. The number of aliphatic carboxylic acids is 1. The van der Waals surface area contributed by atoms with Gasteiger partial charge in [0.05, 0.1) is 11.0 Å². The highest BCUT2D eigenvalue weighted by Gasteiger charge is 2.59. The average molecular weight is 433 g/mol. The number of amides is 1. The number of carbonyl (C=O) groups is 2. The summed E-state index contributed by atoms with van der Waals surface area (Å²) < 4.78 is 0. The van der Waals surface area contributed by atoms with E-state index in [1.807, 2.05) is 25.4 Å². The Morgan fingerprint density at radius 1 is 1.17 bits per heavy atom. The van der Waals surface area contributed by atoms with E-state index < -0.39 is 16.9 Å². The highest BCUT2D eigenvalue weighted by Crippen LogP contribution is 2.60. The molecule has 1 aromatic rings. The molecule has 7 nitrogen and oxygen atoms in total. The molecule has 2 atom stereocenters. The van der Waals surface area contributed by atoms with E-state index in [2.05, 4.69) is 20.1 Å². The van der Waals surface area contributed by atoms with Crippen LogP contribution in [0.2, 0.25) is 0 Å². The summed E-state index contributed by atoms with van der Waals surface area (Å²) in [5, 5.41) is 16.3. The number of piperazine rings is 1. The second kappa shape index (κ2) is 7.19. The van der Waals surface area contributed by atoms with Crippen molar-refractivity contribution in [3.8, 4) is 0 Å². The van der Waals surface area contributed by atoms with Gasteiger partial charge in [0.15, 0.2) is 5.13 Å². The lowest BCUT2D eigenvalue weighted by Gasteiger charge is -2.58. The molecule has 1 aliphatic heterocycles. The third kappa shape index (κ3) is 3.23. The predicted octanol–water partition coefficient (Wildman–Crippen LogP) is 2.44. The molecule has 2 unspecified atom stereocenters. The molecular formula is C22H32N4O3S. The molecule has 0 spiro atoms. The van der Waals surface area contributed by atoms with Crippen molar-refractivity contribution in [2.45, 2.75) is 57.5 Å². The molecule has 5 aliphatic rings. The van der Waals surface area contributed by atoms with Crippen LogP contribution in [0.3, 0.4) is 0 Å². The zero-order chi connectivity index (χ0) is 21.1. The van der Waals surface area contributed by atoms with Crippen molar-refractivity contribution < 1.29 is 14.7 Å². The first-order chi connectivity index (χ1) is 14.3. The maximum Gasteiger partial charge on any atom is 0.309 e. The molecule has 4 aliphatic carbocycles. The van der Waals surface area contributed by atoms with E-state index >= 15 is 0 Å². The molecule has 2 heterocycles. The third-order valence-electron chi connectivity index (χ3n) is 8.34. The molecule has 6 rings (SSSR count). The molecule has 1 saturated heterocycles. The van der Waals surface area contributed by atoms with Crippen molar-refractivity contribution >= 4 is 28.3 Å². The first kappa shape index (κ1) is 20.2. The minimum Gasteiger partial charge on any atom is -0.481 e. The van der Waals surface area contributed by atoms with Gasteiger partial charge in [-0.1, -0.05) is 0 Å². The standard InChI is InChI=1S/C22H32N4O3S/c1-21(2,26-6-4-25(5-7-26)20-23-3-8-30-20)18(27)24-17-15-9-14-10-16(17)13-22(11-14,12-15)19(28)29/h3,8,14-17H,4-7,9-13H2,1-2H3,(H,24,27)(H,28,29). The van der Waals surface area contributed by atoms with Crippen molar-refractivity contribution in [2.75, 3.05) is 31.1 Å². The number of carboxylic acid groups (broad SMARTS) is 1. The molecule has 4 saturated carbocycles. The molecule has 0 radical (unpaired) electrons. The van der Waals surface area contributed by atoms with E-state index in [9.17, 15) is 14.7 Å². The summed E-state index contributed by atoms with van der Waals surface area (Å²) in [7, 11) is 0. The van der Waals surface area contributed by atoms with Crippen molar-refractivity contribution in [1.82, 2.24) is 15.2 Å². The number of rotatable bonds is 5. The Labute approximate surface area is 181 Å². The Kier molecular flexibility index (Phi) is 4.85. The van der Waals surface area contributed by atoms with Crippen LogP contribution in [0.1, 0.15) is 46.0 Å². The van der Waals surface area contributed by atoms with Crippen LogP contribution in [-0.4, -0.2) is 64.6 Å². The van der Waals surface area contributed by atoms with Crippen molar-refractivity contribution in [3.63, 3.8) is 0 Å². The first-order valence-electron chi connectivity index (χ1n) is 11.2. The molecule has 4 bridgehead atoms. The van der Waals surface area contributed by atoms with Crippen LogP contribution in [0.5, 0.6) is 0 Å². The van der Waals surface area contributed by atoms with Crippen LogP contribution >= 0.6 is 11.3 Å². The van der Waals surface area contributed by atoms with Gasteiger partial charge in [0, 0.05) is 43.8 Å². The number of nitrogens with one attached hydrogen (secondary N) is 1. The predicted molar refractivity (Wildman–Crippen MR) is 116 cm³/mol. The van der Waals surface area contributed by atoms with Gasteiger partial charge in [-0.2, -0.15) is 0 Å². The number of carboxylic acids is 1. The summed E-state index contributed by atoms with van der Waals surface area (Å²) in [6.07, 6.45) is 6.28. The van der Waals surface area contributed by atoms with Gasteiger partial charge in [0.2, 0.25) is 5.91 Å². The lowest BCUT2D eigenvalue weighted by molar-refractivity contribution is -0.168. The molecule has 164 valence electrons. The maximum atomic E-state index is 13.4. The molecule has 1 aromatic heterocycles. The van der Waals surface area contributed by atoms with Gasteiger partial charge in [-0.15, -0.1) is 11.3 Å². The Balaban J connectivity index is 1.23. The maximum absolute atomic E-state index is 13.4. The van der Waals surface area contributed by atoms with Gasteiger partial charge in [0.25, 0.3) is 0 Å². The number of aromatic nitrogens is 1. The van der Waals surface area contributed by atoms with E-state index in [0.717, 1.165) is 63.4 Å². The fourth-order valence-electron chi connectivity index (χ4n) is 6.82. The summed E-state index contributed by atoms with van der Waals surface area (Å²) >= 11 is 1.66. The van der Waals surface area contributed by atoms with Gasteiger partial charge in [-0.05, 0) is 63.7 Å². The van der Waals surface area contributed by atoms with Gasteiger partial charge >= 0.3 is 5.97 Å². The number of anilines is 1. The van der Waals surface area contributed by atoms with Crippen LogP contribution in [0.4, 0.5) is 5.13 Å². The fourth-order valence-corrected chi connectivity index (χ4v) is 7.52. The van der Waals surface area contributed by atoms with Crippen molar-refractivity contribution in [3.05, 3.63) is 11.6 Å². The Morgan fingerprint density at radius 3 is 2.40 bits per heavy atom. The lowest BCUT2D eigenvalue weighted by atomic mass is 9.48. The second-order valence-corrected chi connectivity index (χ2v) is 11.3. The number of hydrogen-bond donors (Lipinski definition) is 2. The average Bonchev–Trinajstić information content (AvgIpc) is 3.25. The van der Waals surface area contributed by atoms with E-state index in [4.69, 9.17) is 0 Å². The van der Waals surface area contributed by atoms with Crippen LogP contribution in [0, 0.1) is 23.2 Å². The van der Waals surface area contributed by atoms with Gasteiger partial charge in [-0.3, -0.25) is 14.5 Å². The van der Waals surface area contributed by atoms with Crippen molar-refractivity contribution in [1.29, 1.82) is 0 Å². The van der Waals surface area contributed by atoms with E-state index in [-0.39, 0.29) is 11.9 Å². The smallest absolute Gasteiger partial charge is 0.309 e. The van der Waals surface area contributed by atoms with Crippen LogP contribution < -0.4 is 10.2 Å². The molecule has 30 heavy (non-hydrogen) atoms. The van der Waals surface area contributed by atoms with E-state index in [1.54, 1.807) is 11.3 Å². The summed E-state index contributed by atoms with van der Waals surface area (Å²) in [4.78, 5) is 34.3. The Morgan fingerprint density at radius 2 is 1.83 bits per heavy atom. The molecule has 8 heteroatoms. The Bertz CT molecular complexity index is 802. The summed E-state index contributed by atoms with van der Waals surface area (Å²) in [6, 6.07) is 0.136. The van der Waals surface area contributed by atoms with Crippen molar-refractivity contribution in [2.24, 2.45) is 23.2 Å². The van der Waals surface area contributed by atoms with E-state index in [1.165, 1.54) is 0 Å². The van der Waals surface area contributed by atoms with Crippen LogP contribution in [-0.2, 0) is 9.59 Å². The Hall–Kier alpha value is -1.67. The normalized spacial score (nSPS) is 36.1. The van der Waals surface area contributed by atoms with Crippen LogP contribution in [0.25, 0.3) is 0 Å². The highest BCUT2D eigenvalue weighted by atomic mass is 32.1. The molecule has 5 fully saturated rings. The zero-order valence-corrected chi connectivity index (χ0v) is 18.7. The monoisotopic (exact) mass is 432 g/mol. The second-order valence-electron chi connectivity index (χ2n) is 10.4.